The lowest BCUT2D eigenvalue weighted by molar-refractivity contribution is -0.137. The number of hydrogen-bond donors (Lipinski definition) is 1. The average Bonchev–Trinajstić information content (AvgIpc) is 3.27. The fourth-order valence-electron chi connectivity index (χ4n) is 3.43. The van der Waals surface area contributed by atoms with Gasteiger partial charge in [-0.05, 0) is 31.0 Å². The van der Waals surface area contributed by atoms with Crippen molar-refractivity contribution in [2.24, 2.45) is 0 Å². The number of ether oxygens (including phenoxy) is 1. The van der Waals surface area contributed by atoms with Crippen molar-refractivity contribution in [2.45, 2.75) is 52.1 Å². The maximum absolute atomic E-state index is 13.2. The number of alkyl halides is 3. The minimum Gasteiger partial charge on any atom is -0.496 e. The van der Waals surface area contributed by atoms with Gasteiger partial charge in [0.2, 0.25) is 5.89 Å². The molecular formula is C25H28F3N3O3. The van der Waals surface area contributed by atoms with E-state index in [1.165, 1.54) is 12.3 Å². The molecule has 6 nitrogen and oxygen atoms in total. The smallest absolute Gasteiger partial charge is 0.416 e. The summed E-state index contributed by atoms with van der Waals surface area (Å²) in [5, 5.41) is 2.83. The van der Waals surface area contributed by atoms with E-state index in [-0.39, 0.29) is 36.6 Å². The molecule has 0 fully saturated rings. The van der Waals surface area contributed by atoms with E-state index in [2.05, 4.69) is 10.3 Å². The molecule has 0 aliphatic heterocycles. The standard InChI is InChI=1S/C25H28F3N3O3/c1-4-17(2)29-24(32)21-16-34-23(30-21)15-31(14-19-9-5-6-11-22(19)33-3)13-18-8-7-10-20(12-18)25(26,27)28/h5-12,16-17H,4,13-15H2,1-3H3,(H,29,32)/t17-/m0/s1. The van der Waals surface area contributed by atoms with E-state index in [1.54, 1.807) is 13.2 Å². The van der Waals surface area contributed by atoms with Gasteiger partial charge in [0.15, 0.2) is 5.69 Å². The lowest BCUT2D eigenvalue weighted by Crippen LogP contribution is -2.32. The van der Waals surface area contributed by atoms with Crippen molar-refractivity contribution in [3.05, 3.63) is 83.1 Å². The van der Waals surface area contributed by atoms with Crippen molar-refractivity contribution in [1.82, 2.24) is 15.2 Å². The van der Waals surface area contributed by atoms with Gasteiger partial charge in [-0.25, -0.2) is 4.98 Å². The topological polar surface area (TPSA) is 67.6 Å². The Hall–Kier alpha value is -3.33. The Morgan fingerprint density at radius 1 is 1.15 bits per heavy atom. The maximum Gasteiger partial charge on any atom is 0.416 e. The third-order valence-corrected chi connectivity index (χ3v) is 5.38. The zero-order chi connectivity index (χ0) is 24.7. The first-order valence-corrected chi connectivity index (χ1v) is 10.9. The molecule has 3 rings (SSSR count). The van der Waals surface area contributed by atoms with Gasteiger partial charge in [0, 0.05) is 24.7 Å². The molecule has 0 radical (unpaired) electrons. The summed E-state index contributed by atoms with van der Waals surface area (Å²) in [6, 6.07) is 12.6. The van der Waals surface area contributed by atoms with Crippen LogP contribution in [0.25, 0.3) is 0 Å². The summed E-state index contributed by atoms with van der Waals surface area (Å²) in [7, 11) is 1.56. The summed E-state index contributed by atoms with van der Waals surface area (Å²) in [4.78, 5) is 18.5. The fraction of sp³-hybridized carbons (Fsp3) is 0.360. The largest absolute Gasteiger partial charge is 0.496 e. The molecule has 0 bridgehead atoms. The van der Waals surface area contributed by atoms with Gasteiger partial charge in [-0.2, -0.15) is 13.2 Å². The molecule has 0 saturated heterocycles. The second-order valence-electron chi connectivity index (χ2n) is 8.06. The number of rotatable bonds is 10. The molecule has 3 aromatic rings. The number of aromatic nitrogens is 1. The number of para-hydroxylation sites is 1. The van der Waals surface area contributed by atoms with Crippen LogP contribution in [0, 0.1) is 0 Å². The van der Waals surface area contributed by atoms with Crippen LogP contribution in [0.1, 0.15) is 53.3 Å². The van der Waals surface area contributed by atoms with E-state index < -0.39 is 11.7 Å². The second-order valence-corrected chi connectivity index (χ2v) is 8.06. The zero-order valence-corrected chi connectivity index (χ0v) is 19.4. The van der Waals surface area contributed by atoms with Gasteiger partial charge in [-0.15, -0.1) is 0 Å². The van der Waals surface area contributed by atoms with Gasteiger partial charge < -0.3 is 14.5 Å². The van der Waals surface area contributed by atoms with Crippen LogP contribution in [0.15, 0.2) is 59.2 Å². The minimum atomic E-state index is -4.43. The van der Waals surface area contributed by atoms with Crippen molar-refractivity contribution in [3.63, 3.8) is 0 Å². The highest BCUT2D eigenvalue weighted by Crippen LogP contribution is 2.30. The molecular weight excluding hydrogens is 447 g/mol. The van der Waals surface area contributed by atoms with Crippen molar-refractivity contribution < 1.29 is 27.1 Å². The van der Waals surface area contributed by atoms with Gasteiger partial charge in [-0.1, -0.05) is 43.3 Å². The quantitative estimate of drug-likeness (QED) is 0.423. The summed E-state index contributed by atoms with van der Waals surface area (Å²) >= 11 is 0. The van der Waals surface area contributed by atoms with Gasteiger partial charge in [0.1, 0.15) is 12.0 Å². The van der Waals surface area contributed by atoms with E-state index in [0.29, 0.717) is 17.9 Å². The van der Waals surface area contributed by atoms with E-state index >= 15 is 0 Å². The molecule has 0 unspecified atom stereocenters. The van der Waals surface area contributed by atoms with Crippen LogP contribution < -0.4 is 10.1 Å². The number of amides is 1. The molecule has 1 aromatic heterocycles. The van der Waals surface area contributed by atoms with Crippen LogP contribution in [0.4, 0.5) is 13.2 Å². The highest BCUT2D eigenvalue weighted by atomic mass is 19.4. The second kappa shape index (κ2) is 11.2. The molecule has 182 valence electrons. The van der Waals surface area contributed by atoms with Crippen LogP contribution in [-0.2, 0) is 25.8 Å². The molecule has 0 aliphatic rings. The van der Waals surface area contributed by atoms with E-state index in [9.17, 15) is 18.0 Å². The van der Waals surface area contributed by atoms with Crippen LogP contribution in [-0.4, -0.2) is 28.9 Å². The van der Waals surface area contributed by atoms with Gasteiger partial charge in [0.05, 0.1) is 19.2 Å². The number of oxazole rings is 1. The van der Waals surface area contributed by atoms with Crippen molar-refractivity contribution in [1.29, 1.82) is 0 Å². The SMILES string of the molecule is CC[C@H](C)NC(=O)c1coc(CN(Cc2cccc(C(F)(F)F)c2)Cc2ccccc2OC)n1. The minimum absolute atomic E-state index is 0.00407. The highest BCUT2D eigenvalue weighted by Gasteiger charge is 2.30. The molecule has 1 amide bonds. The average molecular weight is 476 g/mol. The van der Waals surface area contributed by atoms with Crippen molar-refractivity contribution in [2.75, 3.05) is 7.11 Å². The predicted molar refractivity (Wildman–Crippen MR) is 121 cm³/mol. The Labute approximate surface area is 196 Å². The Bertz CT molecular complexity index is 1100. The molecule has 0 spiro atoms. The predicted octanol–water partition coefficient (Wildman–Crippen LogP) is 5.43. The third-order valence-electron chi connectivity index (χ3n) is 5.38. The number of nitrogens with one attached hydrogen (secondary N) is 1. The normalized spacial score (nSPS) is 12.6. The number of benzene rings is 2. The van der Waals surface area contributed by atoms with E-state index in [4.69, 9.17) is 9.15 Å². The molecule has 9 heteroatoms. The van der Waals surface area contributed by atoms with Gasteiger partial charge >= 0.3 is 6.18 Å². The summed E-state index contributed by atoms with van der Waals surface area (Å²) in [5.41, 5.74) is 0.804. The fourth-order valence-corrected chi connectivity index (χ4v) is 3.43. The molecule has 0 saturated carbocycles. The summed E-state index contributed by atoms with van der Waals surface area (Å²) in [6.45, 7) is 4.62. The lowest BCUT2D eigenvalue weighted by Gasteiger charge is -2.22. The number of carbonyl (C=O) groups excluding carboxylic acids is 1. The first kappa shape index (κ1) is 25.3. The molecule has 34 heavy (non-hydrogen) atoms. The summed E-state index contributed by atoms with van der Waals surface area (Å²) in [5.74, 6) is 0.618. The first-order valence-electron chi connectivity index (χ1n) is 10.9. The third kappa shape index (κ3) is 6.84. The Balaban J connectivity index is 1.83. The summed E-state index contributed by atoms with van der Waals surface area (Å²) in [6.07, 6.45) is -2.36. The van der Waals surface area contributed by atoms with Crippen molar-refractivity contribution in [3.8, 4) is 5.75 Å². The monoisotopic (exact) mass is 475 g/mol. The summed E-state index contributed by atoms with van der Waals surface area (Å²) < 4.78 is 50.5. The maximum atomic E-state index is 13.2. The van der Waals surface area contributed by atoms with Crippen molar-refractivity contribution >= 4 is 5.91 Å². The number of hydrogen-bond acceptors (Lipinski definition) is 5. The molecule has 1 heterocycles. The molecule has 1 N–H and O–H groups in total. The van der Waals surface area contributed by atoms with E-state index in [1.807, 2.05) is 43.0 Å². The van der Waals surface area contributed by atoms with Crippen LogP contribution in [0.5, 0.6) is 5.75 Å². The Morgan fingerprint density at radius 2 is 1.91 bits per heavy atom. The highest BCUT2D eigenvalue weighted by molar-refractivity contribution is 5.92. The first-order chi connectivity index (χ1) is 16.2. The Morgan fingerprint density at radius 3 is 2.62 bits per heavy atom. The van der Waals surface area contributed by atoms with E-state index in [0.717, 1.165) is 24.1 Å². The van der Waals surface area contributed by atoms with Crippen LogP contribution in [0.2, 0.25) is 0 Å². The van der Waals surface area contributed by atoms with Gasteiger partial charge in [0.25, 0.3) is 5.91 Å². The van der Waals surface area contributed by atoms with Gasteiger partial charge in [-0.3, -0.25) is 9.69 Å². The number of nitrogens with zero attached hydrogens (tertiary/aromatic N) is 2. The Kier molecular flexibility index (Phi) is 8.33. The molecule has 0 aliphatic carbocycles. The zero-order valence-electron chi connectivity index (χ0n) is 19.4. The molecule has 1 atom stereocenters. The van der Waals surface area contributed by atoms with Crippen LogP contribution in [0.3, 0.4) is 0 Å². The molecule has 2 aromatic carbocycles. The van der Waals surface area contributed by atoms with Crippen LogP contribution >= 0.6 is 0 Å². The number of methoxy groups -OCH3 is 1. The number of carbonyl (C=O) groups is 1. The number of halogens is 3. The lowest BCUT2D eigenvalue weighted by atomic mass is 10.1.